The van der Waals surface area contributed by atoms with Gasteiger partial charge in [-0.05, 0) is 18.1 Å². The molecule has 1 N–H and O–H groups in total. The molecule has 0 radical (unpaired) electrons. The quantitative estimate of drug-likeness (QED) is 0.776. The lowest BCUT2D eigenvalue weighted by atomic mass is 10.1. The minimum Gasteiger partial charge on any atom is -0.293 e. The highest BCUT2D eigenvalue weighted by atomic mass is 19.1. The summed E-state index contributed by atoms with van der Waals surface area (Å²) in [6.07, 6.45) is 5.04. The second-order valence-corrected chi connectivity index (χ2v) is 6.54. The number of carbonyl (C=O) groups is 1. The number of aromatic nitrogens is 4. The van der Waals surface area contributed by atoms with Gasteiger partial charge in [0.2, 0.25) is 11.9 Å². The van der Waals surface area contributed by atoms with Crippen molar-refractivity contribution in [2.24, 2.45) is 7.05 Å². The van der Waals surface area contributed by atoms with E-state index in [4.69, 9.17) is 0 Å². The summed E-state index contributed by atoms with van der Waals surface area (Å²) >= 11 is 0. The molecule has 0 unspecified atom stereocenters. The van der Waals surface area contributed by atoms with E-state index in [1.54, 1.807) is 22.0 Å². The van der Waals surface area contributed by atoms with Crippen LogP contribution in [0.25, 0.3) is 22.0 Å². The summed E-state index contributed by atoms with van der Waals surface area (Å²) in [4.78, 5) is 22.6. The number of nitrogens with one attached hydrogen (secondary N) is 1. The number of carbonyl (C=O) groups excluding carboxylic acids is 1. The summed E-state index contributed by atoms with van der Waals surface area (Å²) in [5.41, 5.74) is 2.72. The number of aryl methyl sites for hydroxylation is 1. The molecule has 8 heteroatoms. The van der Waals surface area contributed by atoms with Crippen LogP contribution < -0.4 is 5.32 Å². The van der Waals surface area contributed by atoms with Crippen molar-refractivity contribution in [3.05, 3.63) is 36.8 Å². The van der Waals surface area contributed by atoms with E-state index >= 15 is 0 Å². The van der Waals surface area contributed by atoms with Crippen molar-refractivity contribution in [3.63, 3.8) is 0 Å². The standard InChI is InChI=1S/C18H19FN6O/c1-24-9-14(8-21-24)12-2-3-13-7-20-18(22-16(13)6-12)23-17(26)11-25-5-4-15(19)10-25/h2-3,6-9,15H,4-5,10-11H2,1H3,(H,20,22,23,26)/t15-/m0/s1. The molecule has 1 amide bonds. The summed E-state index contributed by atoms with van der Waals surface area (Å²) in [7, 11) is 1.87. The highest BCUT2D eigenvalue weighted by molar-refractivity contribution is 5.92. The Balaban J connectivity index is 1.51. The van der Waals surface area contributed by atoms with E-state index in [2.05, 4.69) is 20.4 Å². The van der Waals surface area contributed by atoms with Gasteiger partial charge in [-0.15, -0.1) is 0 Å². The van der Waals surface area contributed by atoms with Crippen LogP contribution in [-0.4, -0.2) is 56.4 Å². The lowest BCUT2D eigenvalue weighted by Gasteiger charge is -2.13. The summed E-state index contributed by atoms with van der Waals surface area (Å²) < 4.78 is 14.9. The molecule has 1 aromatic carbocycles. The van der Waals surface area contributed by atoms with Crippen LogP contribution in [0.4, 0.5) is 10.3 Å². The number of anilines is 1. The van der Waals surface area contributed by atoms with Crippen LogP contribution in [0.1, 0.15) is 6.42 Å². The average molecular weight is 354 g/mol. The molecular weight excluding hydrogens is 335 g/mol. The van der Waals surface area contributed by atoms with Gasteiger partial charge >= 0.3 is 0 Å². The van der Waals surface area contributed by atoms with Crippen molar-refractivity contribution < 1.29 is 9.18 Å². The molecule has 1 atom stereocenters. The molecule has 0 bridgehead atoms. The Bertz CT molecular complexity index is 956. The molecule has 0 aliphatic carbocycles. The molecule has 3 aromatic rings. The van der Waals surface area contributed by atoms with Crippen molar-refractivity contribution in [1.29, 1.82) is 0 Å². The van der Waals surface area contributed by atoms with E-state index in [-0.39, 0.29) is 18.4 Å². The Morgan fingerprint density at radius 3 is 2.96 bits per heavy atom. The zero-order chi connectivity index (χ0) is 18.1. The first-order valence-electron chi connectivity index (χ1n) is 8.49. The largest absolute Gasteiger partial charge is 0.293 e. The molecule has 1 fully saturated rings. The number of benzene rings is 1. The number of hydrogen-bond donors (Lipinski definition) is 1. The van der Waals surface area contributed by atoms with E-state index < -0.39 is 6.17 Å². The predicted octanol–water partition coefficient (Wildman–Crippen LogP) is 2.01. The van der Waals surface area contributed by atoms with Gasteiger partial charge in [-0.3, -0.25) is 19.7 Å². The van der Waals surface area contributed by atoms with Crippen molar-refractivity contribution in [1.82, 2.24) is 24.6 Å². The van der Waals surface area contributed by atoms with Gasteiger partial charge < -0.3 is 0 Å². The molecule has 1 aliphatic rings. The maximum absolute atomic E-state index is 13.2. The van der Waals surface area contributed by atoms with Gasteiger partial charge in [-0.1, -0.05) is 12.1 Å². The minimum atomic E-state index is -0.842. The second-order valence-electron chi connectivity index (χ2n) is 6.54. The topological polar surface area (TPSA) is 75.9 Å². The number of likely N-dealkylation sites (tertiary alicyclic amines) is 1. The zero-order valence-electron chi connectivity index (χ0n) is 14.4. The third-order valence-corrected chi connectivity index (χ3v) is 4.45. The van der Waals surface area contributed by atoms with Crippen LogP contribution in [0, 0.1) is 0 Å². The summed E-state index contributed by atoms with van der Waals surface area (Å²) in [6, 6.07) is 5.87. The van der Waals surface area contributed by atoms with Gasteiger partial charge in [0.1, 0.15) is 6.17 Å². The Morgan fingerprint density at radius 1 is 1.35 bits per heavy atom. The fourth-order valence-electron chi connectivity index (χ4n) is 3.13. The SMILES string of the molecule is Cn1cc(-c2ccc3cnc(NC(=O)CN4CC[C@H](F)C4)nc3c2)cn1. The van der Waals surface area contributed by atoms with Crippen LogP contribution in [0.5, 0.6) is 0 Å². The molecule has 0 saturated carbocycles. The van der Waals surface area contributed by atoms with Crippen LogP contribution >= 0.6 is 0 Å². The monoisotopic (exact) mass is 354 g/mol. The number of amides is 1. The number of hydrogen-bond acceptors (Lipinski definition) is 5. The Kier molecular flexibility index (Phi) is 4.34. The lowest BCUT2D eigenvalue weighted by Crippen LogP contribution is -2.32. The first-order chi connectivity index (χ1) is 12.6. The average Bonchev–Trinajstić information content (AvgIpc) is 3.22. The number of halogens is 1. The predicted molar refractivity (Wildman–Crippen MR) is 96.3 cm³/mol. The van der Waals surface area contributed by atoms with Crippen molar-refractivity contribution >= 4 is 22.8 Å². The van der Waals surface area contributed by atoms with Gasteiger partial charge in [0.05, 0.1) is 18.3 Å². The first kappa shape index (κ1) is 16.6. The Labute approximate surface area is 149 Å². The third-order valence-electron chi connectivity index (χ3n) is 4.45. The molecule has 0 spiro atoms. The Morgan fingerprint density at radius 2 is 2.23 bits per heavy atom. The molecule has 3 heterocycles. The van der Waals surface area contributed by atoms with Crippen molar-refractivity contribution in [2.75, 3.05) is 25.0 Å². The molecule has 134 valence electrons. The van der Waals surface area contributed by atoms with Gasteiger partial charge in [-0.25, -0.2) is 14.4 Å². The summed E-state index contributed by atoms with van der Waals surface area (Å²) in [6.45, 7) is 1.06. The zero-order valence-corrected chi connectivity index (χ0v) is 14.4. The lowest BCUT2D eigenvalue weighted by molar-refractivity contribution is -0.117. The van der Waals surface area contributed by atoms with Crippen molar-refractivity contribution in [2.45, 2.75) is 12.6 Å². The van der Waals surface area contributed by atoms with Crippen molar-refractivity contribution in [3.8, 4) is 11.1 Å². The molecular formula is C18H19FN6O. The number of alkyl halides is 1. The maximum atomic E-state index is 13.2. The molecule has 7 nitrogen and oxygen atoms in total. The normalized spacial score (nSPS) is 17.7. The Hall–Kier alpha value is -2.87. The highest BCUT2D eigenvalue weighted by Gasteiger charge is 2.23. The van der Waals surface area contributed by atoms with Gasteiger partial charge in [0.25, 0.3) is 0 Å². The summed E-state index contributed by atoms with van der Waals surface area (Å²) in [5.74, 6) is 0.0173. The fraction of sp³-hybridized carbons (Fsp3) is 0.333. The number of nitrogens with zero attached hydrogens (tertiary/aromatic N) is 5. The van der Waals surface area contributed by atoms with Crippen LogP contribution in [0.2, 0.25) is 0 Å². The summed E-state index contributed by atoms with van der Waals surface area (Å²) in [5, 5.41) is 7.76. The molecule has 4 rings (SSSR count). The molecule has 2 aromatic heterocycles. The highest BCUT2D eigenvalue weighted by Crippen LogP contribution is 2.23. The second kappa shape index (κ2) is 6.80. The van der Waals surface area contributed by atoms with E-state index in [1.165, 1.54) is 0 Å². The van der Waals surface area contributed by atoms with Gasteiger partial charge in [0.15, 0.2) is 0 Å². The number of fused-ring (bicyclic) bond motifs is 1. The van der Waals surface area contributed by atoms with E-state index in [0.717, 1.165) is 22.0 Å². The van der Waals surface area contributed by atoms with Crippen LogP contribution in [0.15, 0.2) is 36.8 Å². The fourth-order valence-corrected chi connectivity index (χ4v) is 3.13. The minimum absolute atomic E-state index is 0.150. The van der Waals surface area contributed by atoms with E-state index in [9.17, 15) is 9.18 Å². The van der Waals surface area contributed by atoms with Gasteiger partial charge in [0, 0.05) is 43.5 Å². The molecule has 1 aliphatic heterocycles. The molecule has 26 heavy (non-hydrogen) atoms. The van der Waals surface area contributed by atoms with Crippen LogP contribution in [-0.2, 0) is 11.8 Å². The third kappa shape index (κ3) is 3.55. The maximum Gasteiger partial charge on any atom is 0.240 e. The first-order valence-corrected chi connectivity index (χ1v) is 8.49. The van der Waals surface area contributed by atoms with Crippen LogP contribution in [0.3, 0.4) is 0 Å². The van der Waals surface area contributed by atoms with E-state index in [1.807, 2.05) is 31.4 Å². The molecule has 1 saturated heterocycles. The van der Waals surface area contributed by atoms with Gasteiger partial charge in [-0.2, -0.15) is 5.10 Å². The smallest absolute Gasteiger partial charge is 0.240 e. The van der Waals surface area contributed by atoms with E-state index in [0.29, 0.717) is 19.5 Å². The number of rotatable bonds is 4.